The van der Waals surface area contributed by atoms with Gasteiger partial charge in [-0.25, -0.2) is 4.39 Å². The standard InChI is InChI=1S/C19H14FNO3/c20-14-6-10-17(11-7-14)24-16-8-4-13(5-9-16)18-3-1-2-15(21-18)12-19(22)23/h1-11H,12H2,(H,22,23). The molecule has 120 valence electrons. The third-order valence-electron chi connectivity index (χ3n) is 3.34. The van der Waals surface area contributed by atoms with Crippen molar-refractivity contribution in [2.24, 2.45) is 0 Å². The largest absolute Gasteiger partial charge is 0.481 e. The number of hydrogen-bond donors (Lipinski definition) is 1. The maximum absolute atomic E-state index is 12.9. The number of carboxylic acids is 1. The summed E-state index contributed by atoms with van der Waals surface area (Å²) in [5.41, 5.74) is 2.06. The summed E-state index contributed by atoms with van der Waals surface area (Å²) in [6.45, 7) is 0. The highest BCUT2D eigenvalue weighted by atomic mass is 19.1. The summed E-state index contributed by atoms with van der Waals surface area (Å²) in [5.74, 6) is -0.0644. The van der Waals surface area contributed by atoms with Gasteiger partial charge < -0.3 is 9.84 Å². The molecule has 3 aromatic rings. The number of carbonyl (C=O) groups is 1. The van der Waals surface area contributed by atoms with Gasteiger partial charge in [-0.3, -0.25) is 9.78 Å². The SMILES string of the molecule is O=C(O)Cc1cccc(-c2ccc(Oc3ccc(F)cc3)cc2)n1. The molecule has 5 heteroatoms. The van der Waals surface area contributed by atoms with Crippen molar-refractivity contribution >= 4 is 5.97 Å². The molecular weight excluding hydrogens is 309 g/mol. The first kappa shape index (κ1) is 15.7. The van der Waals surface area contributed by atoms with E-state index in [9.17, 15) is 9.18 Å². The van der Waals surface area contributed by atoms with Gasteiger partial charge in [-0.05, 0) is 60.7 Å². The zero-order valence-electron chi connectivity index (χ0n) is 12.6. The molecule has 0 radical (unpaired) electrons. The van der Waals surface area contributed by atoms with Gasteiger partial charge in [0.15, 0.2) is 0 Å². The van der Waals surface area contributed by atoms with Crippen LogP contribution in [-0.2, 0) is 11.2 Å². The Hall–Kier alpha value is -3.21. The van der Waals surface area contributed by atoms with Gasteiger partial charge in [0.2, 0.25) is 0 Å². The molecule has 4 nitrogen and oxygen atoms in total. The number of rotatable bonds is 5. The molecule has 24 heavy (non-hydrogen) atoms. The fraction of sp³-hybridized carbons (Fsp3) is 0.0526. The molecule has 0 amide bonds. The van der Waals surface area contributed by atoms with Crippen LogP contribution in [0.2, 0.25) is 0 Å². The first-order valence-electron chi connectivity index (χ1n) is 7.32. The molecule has 0 aliphatic heterocycles. The number of nitrogens with zero attached hydrogens (tertiary/aromatic N) is 1. The Labute approximate surface area is 138 Å². The molecule has 0 aliphatic rings. The Morgan fingerprint density at radius 2 is 1.58 bits per heavy atom. The minimum absolute atomic E-state index is 0.112. The Morgan fingerprint density at radius 1 is 0.958 bits per heavy atom. The van der Waals surface area contributed by atoms with Crippen molar-refractivity contribution in [3.05, 3.63) is 78.2 Å². The lowest BCUT2D eigenvalue weighted by molar-refractivity contribution is -0.136. The lowest BCUT2D eigenvalue weighted by Gasteiger charge is -2.07. The molecule has 1 aromatic heterocycles. The van der Waals surface area contributed by atoms with Crippen molar-refractivity contribution in [3.63, 3.8) is 0 Å². The highest BCUT2D eigenvalue weighted by Crippen LogP contribution is 2.25. The topological polar surface area (TPSA) is 59.4 Å². The normalized spacial score (nSPS) is 10.4. The first-order chi connectivity index (χ1) is 11.6. The zero-order valence-corrected chi connectivity index (χ0v) is 12.6. The molecule has 0 unspecified atom stereocenters. The summed E-state index contributed by atoms with van der Waals surface area (Å²) < 4.78 is 18.5. The molecule has 0 spiro atoms. The molecule has 0 saturated carbocycles. The van der Waals surface area contributed by atoms with E-state index in [2.05, 4.69) is 4.98 Å². The number of hydrogen-bond acceptors (Lipinski definition) is 3. The van der Waals surface area contributed by atoms with Gasteiger partial charge in [-0.2, -0.15) is 0 Å². The molecule has 3 rings (SSSR count). The third-order valence-corrected chi connectivity index (χ3v) is 3.34. The molecule has 0 fully saturated rings. The van der Waals surface area contributed by atoms with Gasteiger partial charge in [0.1, 0.15) is 17.3 Å². The van der Waals surface area contributed by atoms with Gasteiger partial charge >= 0.3 is 5.97 Å². The van der Waals surface area contributed by atoms with Gasteiger partial charge in [0.05, 0.1) is 17.8 Å². The van der Waals surface area contributed by atoms with Crippen LogP contribution in [0.4, 0.5) is 4.39 Å². The summed E-state index contributed by atoms with van der Waals surface area (Å²) in [7, 11) is 0. The van der Waals surface area contributed by atoms with Crippen LogP contribution >= 0.6 is 0 Å². The van der Waals surface area contributed by atoms with Crippen molar-refractivity contribution in [1.29, 1.82) is 0 Å². The van der Waals surface area contributed by atoms with E-state index in [-0.39, 0.29) is 12.2 Å². The molecule has 0 saturated heterocycles. The lowest BCUT2D eigenvalue weighted by atomic mass is 10.1. The maximum atomic E-state index is 12.9. The van der Waals surface area contributed by atoms with E-state index in [1.54, 1.807) is 36.4 Å². The molecule has 2 aromatic carbocycles. The highest BCUT2D eigenvalue weighted by Gasteiger charge is 2.05. The summed E-state index contributed by atoms with van der Waals surface area (Å²) >= 11 is 0. The number of aromatic nitrogens is 1. The van der Waals surface area contributed by atoms with Crippen LogP contribution < -0.4 is 4.74 Å². The van der Waals surface area contributed by atoms with E-state index in [4.69, 9.17) is 9.84 Å². The van der Waals surface area contributed by atoms with Crippen molar-refractivity contribution in [2.45, 2.75) is 6.42 Å². The minimum atomic E-state index is -0.914. The smallest absolute Gasteiger partial charge is 0.309 e. The molecular formula is C19H14FNO3. The third kappa shape index (κ3) is 3.95. The predicted molar refractivity (Wildman–Crippen MR) is 87.5 cm³/mol. The predicted octanol–water partition coefficient (Wildman–Crippen LogP) is 4.31. The molecule has 1 heterocycles. The Balaban J connectivity index is 1.76. The average molecular weight is 323 g/mol. The van der Waals surface area contributed by atoms with Gasteiger partial charge in [0, 0.05) is 5.56 Å². The molecule has 0 aliphatic carbocycles. The van der Waals surface area contributed by atoms with Crippen molar-refractivity contribution in [2.75, 3.05) is 0 Å². The first-order valence-corrected chi connectivity index (χ1v) is 7.32. The van der Waals surface area contributed by atoms with E-state index in [1.807, 2.05) is 18.2 Å². The quantitative estimate of drug-likeness (QED) is 0.760. The van der Waals surface area contributed by atoms with Crippen LogP contribution in [0.15, 0.2) is 66.7 Å². The zero-order chi connectivity index (χ0) is 16.9. The summed E-state index contributed by atoms with van der Waals surface area (Å²) in [6, 6.07) is 18.3. The number of benzene rings is 2. The fourth-order valence-corrected chi connectivity index (χ4v) is 2.23. The fourth-order valence-electron chi connectivity index (χ4n) is 2.23. The van der Waals surface area contributed by atoms with Crippen molar-refractivity contribution in [3.8, 4) is 22.8 Å². The van der Waals surface area contributed by atoms with Crippen LogP contribution in [0, 0.1) is 5.82 Å². The van der Waals surface area contributed by atoms with E-state index >= 15 is 0 Å². The van der Waals surface area contributed by atoms with Crippen LogP contribution in [0.3, 0.4) is 0 Å². The van der Waals surface area contributed by atoms with Crippen LogP contribution in [0.25, 0.3) is 11.3 Å². The monoisotopic (exact) mass is 323 g/mol. The summed E-state index contributed by atoms with van der Waals surface area (Å²) in [5, 5.41) is 8.84. The number of halogens is 1. The summed E-state index contributed by atoms with van der Waals surface area (Å²) in [4.78, 5) is 15.1. The van der Waals surface area contributed by atoms with Crippen molar-refractivity contribution in [1.82, 2.24) is 4.98 Å². The second kappa shape index (κ2) is 6.91. The maximum Gasteiger partial charge on any atom is 0.309 e. The summed E-state index contributed by atoms with van der Waals surface area (Å²) in [6.07, 6.45) is -0.112. The van der Waals surface area contributed by atoms with E-state index in [0.29, 0.717) is 22.9 Å². The van der Waals surface area contributed by atoms with Crippen LogP contribution in [0.1, 0.15) is 5.69 Å². The van der Waals surface area contributed by atoms with Gasteiger partial charge in [0.25, 0.3) is 0 Å². The Kier molecular flexibility index (Phi) is 4.52. The van der Waals surface area contributed by atoms with Gasteiger partial charge in [-0.1, -0.05) is 6.07 Å². The van der Waals surface area contributed by atoms with Crippen LogP contribution in [0.5, 0.6) is 11.5 Å². The molecule has 1 N–H and O–H groups in total. The van der Waals surface area contributed by atoms with E-state index in [0.717, 1.165) is 5.56 Å². The van der Waals surface area contributed by atoms with Crippen molar-refractivity contribution < 1.29 is 19.0 Å². The number of pyridine rings is 1. The number of aliphatic carboxylic acids is 1. The Morgan fingerprint density at radius 3 is 2.21 bits per heavy atom. The lowest BCUT2D eigenvalue weighted by Crippen LogP contribution is -2.02. The number of ether oxygens (including phenoxy) is 1. The molecule has 0 atom stereocenters. The minimum Gasteiger partial charge on any atom is -0.481 e. The second-order valence-corrected chi connectivity index (χ2v) is 5.17. The number of carboxylic acid groups (broad SMARTS) is 1. The Bertz CT molecular complexity index is 845. The van der Waals surface area contributed by atoms with E-state index < -0.39 is 5.97 Å². The molecule has 0 bridgehead atoms. The van der Waals surface area contributed by atoms with Gasteiger partial charge in [-0.15, -0.1) is 0 Å². The highest BCUT2D eigenvalue weighted by molar-refractivity contribution is 5.70. The average Bonchev–Trinajstić information content (AvgIpc) is 2.57. The van der Waals surface area contributed by atoms with E-state index in [1.165, 1.54) is 12.1 Å². The second-order valence-electron chi connectivity index (χ2n) is 5.17. The van der Waals surface area contributed by atoms with Crippen LogP contribution in [-0.4, -0.2) is 16.1 Å².